The monoisotopic (exact) mass is 334 g/mol. The van der Waals surface area contributed by atoms with Crippen LogP contribution in [0.25, 0.3) is 0 Å². The Morgan fingerprint density at radius 2 is 1.96 bits per heavy atom. The largest absolute Gasteiger partial charge is 0.383 e. The van der Waals surface area contributed by atoms with E-state index in [-0.39, 0.29) is 17.9 Å². The van der Waals surface area contributed by atoms with E-state index in [1.165, 1.54) is 0 Å². The smallest absolute Gasteiger partial charge is 0.248 e. The second-order valence-corrected chi connectivity index (χ2v) is 6.80. The summed E-state index contributed by atoms with van der Waals surface area (Å²) in [5.41, 5.74) is 0.215. The van der Waals surface area contributed by atoms with Gasteiger partial charge in [-0.3, -0.25) is 4.79 Å². The molecular formula is C17H26N4O3. The molecule has 3 rings (SSSR count). The molecule has 1 spiro atoms. The van der Waals surface area contributed by atoms with Gasteiger partial charge in [0.2, 0.25) is 11.9 Å². The van der Waals surface area contributed by atoms with Crippen LogP contribution in [-0.4, -0.2) is 73.9 Å². The molecule has 0 unspecified atom stereocenters. The molecule has 7 nitrogen and oxygen atoms in total. The number of likely N-dealkylation sites (tertiary alicyclic amines) is 1. The first-order valence-electron chi connectivity index (χ1n) is 8.47. The normalized spacial score (nSPS) is 23.0. The highest BCUT2D eigenvalue weighted by atomic mass is 16.5. The van der Waals surface area contributed by atoms with Crippen LogP contribution in [0.3, 0.4) is 0 Å². The molecule has 0 radical (unpaired) electrons. The number of piperidine rings is 1. The Balaban J connectivity index is 1.68. The fourth-order valence-corrected chi connectivity index (χ4v) is 3.99. The van der Waals surface area contributed by atoms with Crippen molar-refractivity contribution in [2.24, 2.45) is 5.41 Å². The summed E-state index contributed by atoms with van der Waals surface area (Å²) in [4.78, 5) is 25.0. The van der Waals surface area contributed by atoms with Crippen LogP contribution in [0.4, 0.5) is 5.95 Å². The van der Waals surface area contributed by atoms with Crippen molar-refractivity contribution in [3.8, 4) is 0 Å². The maximum Gasteiger partial charge on any atom is 0.248 e. The first kappa shape index (κ1) is 17.1. The molecule has 1 aromatic rings. The Morgan fingerprint density at radius 3 is 2.58 bits per heavy atom. The van der Waals surface area contributed by atoms with Crippen molar-refractivity contribution < 1.29 is 14.3 Å². The van der Waals surface area contributed by atoms with Crippen LogP contribution in [0.1, 0.15) is 19.3 Å². The minimum absolute atomic E-state index is 0.0852. The van der Waals surface area contributed by atoms with Crippen LogP contribution >= 0.6 is 0 Å². The van der Waals surface area contributed by atoms with Crippen molar-refractivity contribution >= 4 is 11.9 Å². The minimum Gasteiger partial charge on any atom is -0.383 e. The third kappa shape index (κ3) is 3.52. The number of aromatic nitrogens is 2. The zero-order chi connectivity index (χ0) is 17.0. The highest BCUT2D eigenvalue weighted by molar-refractivity contribution is 5.77. The van der Waals surface area contributed by atoms with E-state index >= 15 is 0 Å². The van der Waals surface area contributed by atoms with Crippen LogP contribution in [-0.2, 0) is 14.3 Å². The van der Waals surface area contributed by atoms with Gasteiger partial charge in [-0.05, 0) is 30.7 Å². The first-order chi connectivity index (χ1) is 11.7. The second kappa shape index (κ2) is 7.44. The molecular weight excluding hydrogens is 308 g/mol. The van der Waals surface area contributed by atoms with E-state index < -0.39 is 0 Å². The van der Waals surface area contributed by atoms with Gasteiger partial charge in [0.15, 0.2) is 0 Å². The molecule has 2 saturated heterocycles. The average molecular weight is 334 g/mol. The Hall–Kier alpha value is -1.73. The van der Waals surface area contributed by atoms with Gasteiger partial charge in [-0.15, -0.1) is 0 Å². The lowest BCUT2D eigenvalue weighted by atomic mass is 9.76. The number of amides is 1. The van der Waals surface area contributed by atoms with Gasteiger partial charge in [-0.25, -0.2) is 9.97 Å². The van der Waals surface area contributed by atoms with Crippen LogP contribution in [0.2, 0.25) is 0 Å². The third-order valence-electron chi connectivity index (χ3n) is 5.23. The Labute approximate surface area is 143 Å². The molecule has 2 aliphatic heterocycles. The maximum atomic E-state index is 12.0. The first-order valence-corrected chi connectivity index (χ1v) is 8.47. The van der Waals surface area contributed by atoms with E-state index in [4.69, 9.17) is 9.47 Å². The molecule has 132 valence electrons. The number of methoxy groups -OCH3 is 2. The van der Waals surface area contributed by atoms with Crippen molar-refractivity contribution in [1.29, 1.82) is 0 Å². The summed E-state index contributed by atoms with van der Waals surface area (Å²) in [5.74, 6) is 0.858. The van der Waals surface area contributed by atoms with E-state index in [0.717, 1.165) is 44.8 Å². The van der Waals surface area contributed by atoms with E-state index in [1.54, 1.807) is 26.6 Å². The lowest BCUT2D eigenvalue weighted by Gasteiger charge is -2.39. The number of rotatable bonds is 5. The summed E-state index contributed by atoms with van der Waals surface area (Å²) in [6.07, 6.45) is 6.63. The molecule has 1 aromatic heterocycles. The number of carbonyl (C=O) groups excluding carboxylic acids is 1. The molecule has 0 aromatic carbocycles. The van der Waals surface area contributed by atoms with Crippen LogP contribution in [0, 0.1) is 5.41 Å². The van der Waals surface area contributed by atoms with Crippen LogP contribution < -0.4 is 4.90 Å². The van der Waals surface area contributed by atoms with Crippen molar-refractivity contribution in [2.75, 3.05) is 52.0 Å². The van der Waals surface area contributed by atoms with E-state index in [1.807, 2.05) is 11.0 Å². The number of hydrogen-bond donors (Lipinski definition) is 0. The fraction of sp³-hybridized carbons (Fsp3) is 0.706. The zero-order valence-corrected chi connectivity index (χ0v) is 14.5. The molecule has 2 aliphatic rings. The highest BCUT2D eigenvalue weighted by Crippen LogP contribution is 2.44. The maximum absolute atomic E-state index is 12.0. The van der Waals surface area contributed by atoms with Crippen molar-refractivity contribution in [3.63, 3.8) is 0 Å². The summed E-state index contributed by atoms with van der Waals surface area (Å²) in [5, 5.41) is 0. The molecule has 1 atom stereocenters. The van der Waals surface area contributed by atoms with Gasteiger partial charge >= 0.3 is 0 Å². The number of nitrogens with zero attached hydrogens (tertiary/aromatic N) is 4. The van der Waals surface area contributed by atoms with E-state index in [2.05, 4.69) is 14.9 Å². The van der Waals surface area contributed by atoms with Gasteiger partial charge in [0, 0.05) is 46.2 Å². The van der Waals surface area contributed by atoms with E-state index in [0.29, 0.717) is 12.6 Å². The lowest BCUT2D eigenvalue weighted by Crippen LogP contribution is -2.45. The molecule has 24 heavy (non-hydrogen) atoms. The highest BCUT2D eigenvalue weighted by Gasteiger charge is 2.46. The second-order valence-electron chi connectivity index (χ2n) is 6.80. The third-order valence-corrected chi connectivity index (χ3v) is 5.23. The van der Waals surface area contributed by atoms with Gasteiger partial charge in [-0.1, -0.05) is 0 Å². The van der Waals surface area contributed by atoms with Gasteiger partial charge in [0.25, 0.3) is 0 Å². The SMILES string of the molecule is COCC(=O)N1CCC2(CC1)C[C@H](COC)N(c1ncccn1)C2. The number of carbonyl (C=O) groups is 1. The Morgan fingerprint density at radius 1 is 1.25 bits per heavy atom. The summed E-state index contributed by atoms with van der Waals surface area (Å²) >= 11 is 0. The summed E-state index contributed by atoms with van der Waals surface area (Å²) < 4.78 is 10.4. The minimum atomic E-state index is 0.0852. The molecule has 0 N–H and O–H groups in total. The van der Waals surface area contributed by atoms with Gasteiger partial charge in [0.05, 0.1) is 12.6 Å². The zero-order valence-electron chi connectivity index (χ0n) is 14.5. The summed E-state index contributed by atoms with van der Waals surface area (Å²) in [7, 11) is 3.30. The van der Waals surface area contributed by atoms with Crippen molar-refractivity contribution in [2.45, 2.75) is 25.3 Å². The van der Waals surface area contributed by atoms with Gasteiger partial charge in [0.1, 0.15) is 6.61 Å². The molecule has 1 amide bonds. The van der Waals surface area contributed by atoms with E-state index in [9.17, 15) is 4.79 Å². The molecule has 0 aliphatic carbocycles. The van der Waals surface area contributed by atoms with Crippen LogP contribution in [0.15, 0.2) is 18.5 Å². The number of hydrogen-bond acceptors (Lipinski definition) is 6. The van der Waals surface area contributed by atoms with Crippen LogP contribution in [0.5, 0.6) is 0 Å². The number of ether oxygens (including phenoxy) is 2. The molecule has 3 heterocycles. The Kier molecular flexibility index (Phi) is 5.30. The topological polar surface area (TPSA) is 67.8 Å². The predicted molar refractivity (Wildman–Crippen MR) is 89.8 cm³/mol. The fourth-order valence-electron chi connectivity index (χ4n) is 3.99. The lowest BCUT2D eigenvalue weighted by molar-refractivity contribution is -0.137. The predicted octanol–water partition coefficient (Wildman–Crippen LogP) is 0.957. The van der Waals surface area contributed by atoms with Gasteiger partial charge < -0.3 is 19.3 Å². The molecule has 0 bridgehead atoms. The quantitative estimate of drug-likeness (QED) is 0.799. The summed E-state index contributed by atoms with van der Waals surface area (Å²) in [6, 6.07) is 2.12. The molecule has 2 fully saturated rings. The number of anilines is 1. The van der Waals surface area contributed by atoms with Gasteiger partial charge in [-0.2, -0.15) is 0 Å². The van der Waals surface area contributed by atoms with Crippen molar-refractivity contribution in [3.05, 3.63) is 18.5 Å². The molecule has 0 saturated carbocycles. The van der Waals surface area contributed by atoms with Crippen molar-refractivity contribution in [1.82, 2.24) is 14.9 Å². The Bertz CT molecular complexity index is 546. The summed E-state index contributed by atoms with van der Waals surface area (Å²) in [6.45, 7) is 3.36. The standard InChI is InChI=1S/C17H26N4O3/c1-23-11-14-10-17(13-21(14)16-18-6-3-7-19-16)4-8-20(9-5-17)15(22)12-24-2/h3,6-7,14H,4-5,8-13H2,1-2H3/t14-/m1/s1. The average Bonchev–Trinajstić information content (AvgIpc) is 2.95. The molecule has 7 heteroatoms.